The summed E-state index contributed by atoms with van der Waals surface area (Å²) in [6.07, 6.45) is 4.80. The van der Waals surface area contributed by atoms with Gasteiger partial charge in [0, 0.05) is 35.0 Å². The molecule has 0 atom stereocenters. The van der Waals surface area contributed by atoms with Crippen LogP contribution in [-0.2, 0) is 6.54 Å². The molecule has 14 heavy (non-hydrogen) atoms. The Hall–Kier alpha value is 0.0700. The lowest BCUT2D eigenvalue weighted by atomic mass is 9.75. The first-order valence-electron chi connectivity index (χ1n) is 5.01. The molecule has 76 valence electrons. The van der Waals surface area contributed by atoms with Crippen LogP contribution in [0.3, 0.4) is 0 Å². The Morgan fingerprint density at radius 3 is 3.14 bits per heavy atom. The predicted molar refractivity (Wildman–Crippen MR) is 61.8 cm³/mol. The Labute approximate surface area is 96.5 Å². The Kier molecular flexibility index (Phi) is 2.18. The van der Waals surface area contributed by atoms with E-state index in [-0.39, 0.29) is 0 Å². The second-order valence-electron chi connectivity index (χ2n) is 4.48. The van der Waals surface area contributed by atoms with Crippen LogP contribution in [0, 0.1) is 5.92 Å². The van der Waals surface area contributed by atoms with E-state index in [1.807, 2.05) is 11.7 Å². The second-order valence-corrected chi connectivity index (χ2v) is 6.01. The van der Waals surface area contributed by atoms with Gasteiger partial charge in [0.1, 0.15) is 0 Å². The smallest absolute Gasteiger partial charge is 0.0794 e. The van der Waals surface area contributed by atoms with Crippen LogP contribution < -0.4 is 0 Å². The number of hydrogen-bond acceptors (Lipinski definition) is 3. The number of alkyl halides is 1. The lowest BCUT2D eigenvalue weighted by Crippen LogP contribution is -2.46. The standard InChI is InChI=1S/C10H13BrN2S/c11-6-10-1-8(2-10)4-13(10)5-9-3-12-7-14-9/h3,7-8H,1-2,4-6H2. The molecule has 2 nitrogen and oxygen atoms in total. The first-order valence-corrected chi connectivity index (χ1v) is 7.01. The van der Waals surface area contributed by atoms with Gasteiger partial charge in [-0.1, -0.05) is 15.9 Å². The van der Waals surface area contributed by atoms with E-state index in [4.69, 9.17) is 0 Å². The fourth-order valence-corrected chi connectivity index (χ4v) is 4.26. The molecule has 0 amide bonds. The summed E-state index contributed by atoms with van der Waals surface area (Å²) in [5.41, 5.74) is 2.42. The lowest BCUT2D eigenvalue weighted by molar-refractivity contribution is 0.131. The number of fused-ring (bicyclic) bond motifs is 1. The summed E-state index contributed by atoms with van der Waals surface area (Å²) < 4.78 is 0. The minimum absolute atomic E-state index is 0.495. The van der Waals surface area contributed by atoms with E-state index < -0.39 is 0 Å². The van der Waals surface area contributed by atoms with Crippen molar-refractivity contribution in [1.29, 1.82) is 0 Å². The molecule has 0 radical (unpaired) electrons. The second kappa shape index (κ2) is 3.29. The molecule has 0 N–H and O–H groups in total. The SMILES string of the molecule is BrCC12CC(CN1Cc1cncs1)C2. The molecular formula is C10H13BrN2S. The minimum atomic E-state index is 0.495. The highest BCUT2D eigenvalue weighted by atomic mass is 79.9. The summed E-state index contributed by atoms with van der Waals surface area (Å²) in [4.78, 5) is 8.17. The maximum Gasteiger partial charge on any atom is 0.0794 e. The van der Waals surface area contributed by atoms with Gasteiger partial charge in [-0.3, -0.25) is 9.88 Å². The van der Waals surface area contributed by atoms with Crippen LogP contribution in [0.25, 0.3) is 0 Å². The van der Waals surface area contributed by atoms with Gasteiger partial charge in [0.05, 0.1) is 5.51 Å². The van der Waals surface area contributed by atoms with Gasteiger partial charge in [0.15, 0.2) is 0 Å². The van der Waals surface area contributed by atoms with Crippen molar-refractivity contribution in [3.8, 4) is 0 Å². The first-order chi connectivity index (χ1) is 6.82. The van der Waals surface area contributed by atoms with E-state index >= 15 is 0 Å². The summed E-state index contributed by atoms with van der Waals surface area (Å²) in [6, 6.07) is 0. The molecule has 2 bridgehead atoms. The summed E-state index contributed by atoms with van der Waals surface area (Å²) in [6.45, 7) is 2.40. The first kappa shape index (κ1) is 9.31. The van der Waals surface area contributed by atoms with E-state index in [1.54, 1.807) is 11.3 Å². The van der Waals surface area contributed by atoms with Crippen LogP contribution in [0.5, 0.6) is 0 Å². The van der Waals surface area contributed by atoms with Crippen molar-refractivity contribution in [3.05, 3.63) is 16.6 Å². The van der Waals surface area contributed by atoms with Crippen LogP contribution in [0.15, 0.2) is 11.7 Å². The number of rotatable bonds is 3. The molecule has 0 aromatic carbocycles. The highest BCUT2D eigenvalue weighted by Crippen LogP contribution is 2.51. The predicted octanol–water partition coefficient (Wildman–Crippen LogP) is 2.50. The van der Waals surface area contributed by atoms with E-state index in [2.05, 4.69) is 25.8 Å². The van der Waals surface area contributed by atoms with Crippen molar-refractivity contribution in [3.63, 3.8) is 0 Å². The Morgan fingerprint density at radius 1 is 1.64 bits per heavy atom. The topological polar surface area (TPSA) is 16.1 Å². The minimum Gasteiger partial charge on any atom is -0.291 e. The molecule has 2 saturated heterocycles. The van der Waals surface area contributed by atoms with Crippen LogP contribution in [0.4, 0.5) is 0 Å². The van der Waals surface area contributed by atoms with Gasteiger partial charge in [-0.15, -0.1) is 11.3 Å². The van der Waals surface area contributed by atoms with Gasteiger partial charge < -0.3 is 0 Å². The van der Waals surface area contributed by atoms with Crippen molar-refractivity contribution in [2.75, 3.05) is 11.9 Å². The van der Waals surface area contributed by atoms with E-state index in [1.165, 1.54) is 24.3 Å². The third-order valence-corrected chi connectivity index (χ3v) is 5.37. The maximum absolute atomic E-state index is 4.13. The summed E-state index contributed by atoms with van der Waals surface area (Å²) in [5, 5.41) is 1.13. The molecule has 1 aliphatic carbocycles. The van der Waals surface area contributed by atoms with Gasteiger partial charge >= 0.3 is 0 Å². The quantitative estimate of drug-likeness (QED) is 0.787. The molecule has 3 aliphatic rings. The highest BCUT2D eigenvalue weighted by molar-refractivity contribution is 9.09. The molecular weight excluding hydrogens is 260 g/mol. The Morgan fingerprint density at radius 2 is 2.50 bits per heavy atom. The normalized spacial score (nSPS) is 35.9. The fourth-order valence-electron chi connectivity index (χ4n) is 2.84. The number of hydrogen-bond donors (Lipinski definition) is 0. The van der Waals surface area contributed by atoms with Gasteiger partial charge in [-0.2, -0.15) is 0 Å². The van der Waals surface area contributed by atoms with E-state index in [9.17, 15) is 0 Å². The number of aromatic nitrogens is 1. The van der Waals surface area contributed by atoms with Crippen LogP contribution in [-0.4, -0.2) is 27.3 Å². The molecule has 3 fully saturated rings. The lowest BCUT2D eigenvalue weighted by Gasteiger charge is -2.41. The van der Waals surface area contributed by atoms with Crippen molar-refractivity contribution in [2.24, 2.45) is 5.92 Å². The molecule has 1 aromatic rings. The van der Waals surface area contributed by atoms with Crippen LogP contribution in [0.1, 0.15) is 17.7 Å². The highest BCUT2D eigenvalue weighted by Gasteiger charge is 2.54. The molecule has 1 aromatic heterocycles. The monoisotopic (exact) mass is 272 g/mol. The summed E-state index contributed by atoms with van der Waals surface area (Å²) >= 11 is 5.43. The summed E-state index contributed by atoms with van der Waals surface area (Å²) in [5.74, 6) is 0.973. The molecule has 0 unspecified atom stereocenters. The zero-order chi connectivity index (χ0) is 9.60. The Balaban J connectivity index is 1.74. The van der Waals surface area contributed by atoms with Crippen LogP contribution >= 0.6 is 27.3 Å². The molecule has 4 heteroatoms. The molecule has 1 saturated carbocycles. The van der Waals surface area contributed by atoms with Crippen LogP contribution in [0.2, 0.25) is 0 Å². The number of thiazole rings is 1. The third kappa shape index (κ3) is 1.27. The average Bonchev–Trinajstić information content (AvgIpc) is 2.77. The molecule has 4 rings (SSSR count). The van der Waals surface area contributed by atoms with Gasteiger partial charge in [0.2, 0.25) is 0 Å². The largest absolute Gasteiger partial charge is 0.291 e. The van der Waals surface area contributed by atoms with E-state index in [0.717, 1.165) is 17.8 Å². The number of nitrogens with zero attached hydrogens (tertiary/aromatic N) is 2. The van der Waals surface area contributed by atoms with Crippen molar-refractivity contribution in [2.45, 2.75) is 24.9 Å². The molecule has 0 spiro atoms. The van der Waals surface area contributed by atoms with Gasteiger partial charge in [0.25, 0.3) is 0 Å². The van der Waals surface area contributed by atoms with Crippen molar-refractivity contribution in [1.82, 2.24) is 9.88 Å². The van der Waals surface area contributed by atoms with E-state index in [0.29, 0.717) is 5.54 Å². The summed E-state index contributed by atoms with van der Waals surface area (Å²) in [7, 11) is 0. The van der Waals surface area contributed by atoms with Crippen molar-refractivity contribution < 1.29 is 0 Å². The zero-order valence-corrected chi connectivity index (χ0v) is 10.4. The number of halogens is 1. The van der Waals surface area contributed by atoms with Crippen molar-refractivity contribution >= 4 is 27.3 Å². The van der Waals surface area contributed by atoms with Gasteiger partial charge in [-0.25, -0.2) is 0 Å². The zero-order valence-electron chi connectivity index (χ0n) is 7.95. The Bertz CT molecular complexity index is 319. The van der Waals surface area contributed by atoms with Gasteiger partial charge in [-0.05, 0) is 18.8 Å². The third-order valence-electron chi connectivity index (χ3n) is 3.57. The molecule has 3 heterocycles. The maximum atomic E-state index is 4.13. The fraction of sp³-hybridized carbons (Fsp3) is 0.700. The molecule has 2 aliphatic heterocycles. The average molecular weight is 273 g/mol.